The third kappa shape index (κ3) is 8.87. The zero-order chi connectivity index (χ0) is 15.2. The van der Waals surface area contributed by atoms with E-state index in [1.165, 1.54) is 0 Å². The number of alkyl carbamates (subject to hydrolysis) is 1. The molecule has 4 heteroatoms. The van der Waals surface area contributed by atoms with Crippen LogP contribution in [0.2, 0.25) is 0 Å². The van der Waals surface area contributed by atoms with Crippen LogP contribution < -0.4 is 10.6 Å². The normalized spacial score (nSPS) is 15.5. The van der Waals surface area contributed by atoms with Crippen LogP contribution in [0.25, 0.3) is 0 Å². The van der Waals surface area contributed by atoms with Crippen molar-refractivity contribution in [1.82, 2.24) is 10.6 Å². The van der Waals surface area contributed by atoms with Gasteiger partial charge in [-0.15, -0.1) is 0 Å². The molecule has 2 N–H and O–H groups in total. The van der Waals surface area contributed by atoms with E-state index in [0.29, 0.717) is 17.9 Å². The molecule has 19 heavy (non-hydrogen) atoms. The minimum atomic E-state index is -0.454. The van der Waals surface area contributed by atoms with Crippen LogP contribution >= 0.6 is 0 Å². The molecule has 0 fully saturated rings. The second kappa shape index (κ2) is 7.73. The highest BCUT2D eigenvalue weighted by Gasteiger charge is 2.21. The van der Waals surface area contributed by atoms with Gasteiger partial charge in [-0.3, -0.25) is 0 Å². The zero-order valence-corrected chi connectivity index (χ0v) is 13.8. The summed E-state index contributed by atoms with van der Waals surface area (Å²) in [5.74, 6) is 0.939. The van der Waals surface area contributed by atoms with Crippen molar-refractivity contribution in [3.05, 3.63) is 0 Å². The molecule has 2 unspecified atom stereocenters. The Bertz CT molecular complexity index is 270. The molecule has 1 amide bonds. The molecular weight excluding hydrogens is 240 g/mol. The Morgan fingerprint density at radius 1 is 1.05 bits per heavy atom. The molecule has 4 nitrogen and oxygen atoms in total. The average molecular weight is 272 g/mol. The van der Waals surface area contributed by atoms with Crippen molar-refractivity contribution >= 4 is 6.09 Å². The number of amides is 1. The monoisotopic (exact) mass is 272 g/mol. The molecule has 2 atom stereocenters. The van der Waals surface area contributed by atoms with E-state index in [0.717, 1.165) is 6.54 Å². The van der Waals surface area contributed by atoms with Crippen molar-refractivity contribution < 1.29 is 9.53 Å². The van der Waals surface area contributed by atoms with E-state index < -0.39 is 5.60 Å². The molecule has 0 radical (unpaired) electrons. The van der Waals surface area contributed by atoms with Crippen LogP contribution in [0, 0.1) is 11.8 Å². The largest absolute Gasteiger partial charge is 0.444 e. The van der Waals surface area contributed by atoms with Crippen LogP contribution in [-0.4, -0.2) is 30.3 Å². The molecule has 0 aromatic rings. The molecule has 0 saturated carbocycles. The van der Waals surface area contributed by atoms with Gasteiger partial charge in [0.1, 0.15) is 5.60 Å². The molecule has 0 aliphatic rings. The van der Waals surface area contributed by atoms with Crippen molar-refractivity contribution in [2.45, 2.75) is 73.1 Å². The predicted molar refractivity (Wildman–Crippen MR) is 80.3 cm³/mol. The molecule has 0 aliphatic carbocycles. The zero-order valence-electron chi connectivity index (χ0n) is 13.8. The summed E-state index contributed by atoms with van der Waals surface area (Å²) >= 11 is 0. The van der Waals surface area contributed by atoms with Gasteiger partial charge < -0.3 is 15.4 Å². The van der Waals surface area contributed by atoms with Gasteiger partial charge in [0.15, 0.2) is 0 Å². The molecule has 114 valence electrons. The summed E-state index contributed by atoms with van der Waals surface area (Å²) in [5, 5.41) is 6.41. The maximum absolute atomic E-state index is 11.8. The quantitative estimate of drug-likeness (QED) is 0.781. The average Bonchev–Trinajstić information content (AvgIpc) is 2.20. The van der Waals surface area contributed by atoms with Gasteiger partial charge in [-0.2, -0.15) is 0 Å². The molecule has 0 bridgehead atoms. The first kappa shape index (κ1) is 18.2. The first-order valence-corrected chi connectivity index (χ1v) is 7.25. The van der Waals surface area contributed by atoms with Crippen LogP contribution in [0.3, 0.4) is 0 Å². The fourth-order valence-corrected chi connectivity index (χ4v) is 1.46. The van der Waals surface area contributed by atoms with Gasteiger partial charge in [-0.05, 0) is 39.5 Å². The van der Waals surface area contributed by atoms with Crippen LogP contribution in [-0.2, 0) is 4.74 Å². The minimum absolute atomic E-state index is 0.0797. The van der Waals surface area contributed by atoms with E-state index in [1.807, 2.05) is 20.8 Å². The lowest BCUT2D eigenvalue weighted by molar-refractivity contribution is 0.0489. The fourth-order valence-electron chi connectivity index (χ4n) is 1.46. The number of hydrogen-bond acceptors (Lipinski definition) is 3. The first-order valence-electron chi connectivity index (χ1n) is 7.25. The van der Waals surface area contributed by atoms with E-state index in [4.69, 9.17) is 4.74 Å². The van der Waals surface area contributed by atoms with Gasteiger partial charge >= 0.3 is 6.09 Å². The first-order chi connectivity index (χ1) is 8.53. The summed E-state index contributed by atoms with van der Waals surface area (Å²) in [6.45, 7) is 17.1. The summed E-state index contributed by atoms with van der Waals surface area (Å²) in [4.78, 5) is 11.8. The Morgan fingerprint density at radius 3 is 1.95 bits per heavy atom. The van der Waals surface area contributed by atoms with E-state index in [1.54, 1.807) is 0 Å². The van der Waals surface area contributed by atoms with E-state index in [2.05, 4.69) is 45.3 Å². The molecule has 0 rings (SSSR count). The third-order valence-corrected chi connectivity index (χ3v) is 3.17. The van der Waals surface area contributed by atoms with E-state index in [-0.39, 0.29) is 12.1 Å². The summed E-state index contributed by atoms with van der Waals surface area (Å²) in [6.07, 6.45) is -0.342. The number of ether oxygens (including phenoxy) is 1. The number of nitrogens with one attached hydrogen (secondary N) is 2. The Balaban J connectivity index is 4.31. The lowest BCUT2D eigenvalue weighted by Crippen LogP contribution is -2.49. The molecule has 0 aromatic heterocycles. The highest BCUT2D eigenvalue weighted by Crippen LogP contribution is 2.09. The van der Waals surface area contributed by atoms with Crippen LogP contribution in [0.1, 0.15) is 55.4 Å². The van der Waals surface area contributed by atoms with Crippen molar-refractivity contribution in [3.8, 4) is 0 Å². The van der Waals surface area contributed by atoms with Gasteiger partial charge in [0.25, 0.3) is 0 Å². The van der Waals surface area contributed by atoms with E-state index >= 15 is 0 Å². The summed E-state index contributed by atoms with van der Waals surface area (Å²) in [7, 11) is 0. The van der Waals surface area contributed by atoms with Crippen molar-refractivity contribution in [3.63, 3.8) is 0 Å². The lowest BCUT2D eigenvalue weighted by Gasteiger charge is -2.28. The highest BCUT2D eigenvalue weighted by molar-refractivity contribution is 5.68. The van der Waals surface area contributed by atoms with Crippen LogP contribution in [0.4, 0.5) is 4.79 Å². The standard InChI is InChI=1S/C15H32N2O2/c1-10(2)12(5)16-9-13(11(3)4)17-14(18)19-15(6,7)8/h10-13,16H,9H2,1-8H3,(H,17,18). The van der Waals surface area contributed by atoms with E-state index in [9.17, 15) is 4.79 Å². The highest BCUT2D eigenvalue weighted by atomic mass is 16.6. The second-order valence-electron chi connectivity index (χ2n) is 6.94. The molecule has 0 saturated heterocycles. The summed E-state index contributed by atoms with van der Waals surface area (Å²) < 4.78 is 5.29. The fraction of sp³-hybridized carbons (Fsp3) is 0.933. The second-order valence-corrected chi connectivity index (χ2v) is 6.94. The Kier molecular flexibility index (Phi) is 7.42. The van der Waals surface area contributed by atoms with Crippen LogP contribution in [0.5, 0.6) is 0 Å². The van der Waals surface area contributed by atoms with Gasteiger partial charge in [0, 0.05) is 18.6 Å². The molecule has 0 aromatic carbocycles. The molecule has 0 heterocycles. The van der Waals surface area contributed by atoms with Crippen molar-refractivity contribution in [1.29, 1.82) is 0 Å². The van der Waals surface area contributed by atoms with Crippen LogP contribution in [0.15, 0.2) is 0 Å². The number of hydrogen-bond donors (Lipinski definition) is 2. The Morgan fingerprint density at radius 2 is 1.58 bits per heavy atom. The van der Waals surface area contributed by atoms with Gasteiger partial charge in [-0.1, -0.05) is 27.7 Å². The maximum Gasteiger partial charge on any atom is 0.407 e. The molecule has 0 spiro atoms. The number of carbonyl (C=O) groups excluding carboxylic acids is 1. The number of rotatable bonds is 6. The third-order valence-electron chi connectivity index (χ3n) is 3.17. The summed E-state index contributed by atoms with van der Waals surface area (Å²) in [5.41, 5.74) is -0.454. The van der Waals surface area contributed by atoms with Gasteiger partial charge in [0.2, 0.25) is 0 Å². The Labute approximate surface area is 118 Å². The topological polar surface area (TPSA) is 50.4 Å². The summed E-state index contributed by atoms with van der Waals surface area (Å²) in [6, 6.07) is 0.512. The van der Waals surface area contributed by atoms with Gasteiger partial charge in [0.05, 0.1) is 0 Å². The molecular formula is C15H32N2O2. The smallest absolute Gasteiger partial charge is 0.407 e. The van der Waals surface area contributed by atoms with Gasteiger partial charge in [-0.25, -0.2) is 4.79 Å². The molecule has 0 aliphatic heterocycles. The Hall–Kier alpha value is -0.770. The maximum atomic E-state index is 11.8. The predicted octanol–water partition coefficient (Wildman–Crippen LogP) is 3.17. The lowest BCUT2D eigenvalue weighted by atomic mass is 10.0. The SMILES string of the molecule is CC(C)C(C)NCC(NC(=O)OC(C)(C)C)C(C)C. The van der Waals surface area contributed by atoms with Crippen molar-refractivity contribution in [2.75, 3.05) is 6.54 Å². The minimum Gasteiger partial charge on any atom is -0.444 e. The van der Waals surface area contributed by atoms with Crippen molar-refractivity contribution in [2.24, 2.45) is 11.8 Å². The number of carbonyl (C=O) groups is 1.